The maximum absolute atomic E-state index is 12.5. The van der Waals surface area contributed by atoms with Crippen molar-refractivity contribution >= 4 is 11.5 Å². The highest BCUT2D eigenvalue weighted by atomic mass is 19.3. The van der Waals surface area contributed by atoms with Gasteiger partial charge < -0.3 is 10.1 Å². The number of pyridine rings is 1. The Morgan fingerprint density at radius 1 is 1.33 bits per heavy atom. The Kier molecular flexibility index (Phi) is 3.61. The predicted molar refractivity (Wildman–Crippen MR) is 61.1 cm³/mol. The Balaban J connectivity index is 2.25. The van der Waals surface area contributed by atoms with Crippen LogP contribution in [0.25, 0.3) is 0 Å². The number of halogens is 2. The molecule has 2 aromatic heterocycles. The van der Waals surface area contributed by atoms with Gasteiger partial charge in [-0.25, -0.2) is 18.7 Å². The number of hydrogen-bond acceptors (Lipinski definition) is 5. The first-order valence-electron chi connectivity index (χ1n) is 5.06. The van der Waals surface area contributed by atoms with Gasteiger partial charge in [0.2, 0.25) is 0 Å². The fourth-order valence-corrected chi connectivity index (χ4v) is 1.34. The zero-order valence-corrected chi connectivity index (χ0v) is 9.47. The average molecular weight is 252 g/mol. The molecule has 0 radical (unpaired) electrons. The van der Waals surface area contributed by atoms with E-state index in [2.05, 4.69) is 20.3 Å². The fourth-order valence-electron chi connectivity index (χ4n) is 1.34. The van der Waals surface area contributed by atoms with E-state index < -0.39 is 6.43 Å². The van der Waals surface area contributed by atoms with Crippen molar-refractivity contribution in [3.05, 3.63) is 36.5 Å². The summed E-state index contributed by atoms with van der Waals surface area (Å²) in [4.78, 5) is 11.3. The number of alkyl halides is 2. The van der Waals surface area contributed by atoms with Crippen molar-refractivity contribution in [3.8, 4) is 5.75 Å². The molecule has 5 nitrogen and oxygen atoms in total. The molecule has 0 aromatic carbocycles. The summed E-state index contributed by atoms with van der Waals surface area (Å²) in [5.41, 5.74) is 0.158. The Bertz CT molecular complexity index is 536. The summed E-state index contributed by atoms with van der Waals surface area (Å²) in [5, 5.41) is 2.87. The molecule has 0 unspecified atom stereocenters. The summed E-state index contributed by atoms with van der Waals surface area (Å²) in [6.45, 7) is 0. The topological polar surface area (TPSA) is 59.9 Å². The minimum Gasteiger partial charge on any atom is -0.491 e. The van der Waals surface area contributed by atoms with Crippen molar-refractivity contribution in [1.82, 2.24) is 15.0 Å². The monoisotopic (exact) mass is 252 g/mol. The molecule has 94 valence electrons. The predicted octanol–water partition coefficient (Wildman–Crippen LogP) is 2.56. The van der Waals surface area contributed by atoms with Gasteiger partial charge in [0.1, 0.15) is 12.0 Å². The minimum atomic E-state index is -2.61. The lowest BCUT2D eigenvalue weighted by molar-refractivity contribution is 0.146. The van der Waals surface area contributed by atoms with Crippen molar-refractivity contribution in [1.29, 1.82) is 0 Å². The van der Waals surface area contributed by atoms with E-state index in [4.69, 9.17) is 4.74 Å². The Morgan fingerprint density at radius 2 is 2.17 bits per heavy atom. The molecule has 0 aliphatic carbocycles. The fraction of sp³-hybridized carbons (Fsp3) is 0.182. The van der Waals surface area contributed by atoms with Crippen molar-refractivity contribution < 1.29 is 13.5 Å². The second-order valence-electron chi connectivity index (χ2n) is 3.33. The lowest BCUT2D eigenvalue weighted by Gasteiger charge is -2.09. The Hall–Kier alpha value is -2.31. The second kappa shape index (κ2) is 5.35. The number of nitrogens with zero attached hydrogens (tertiary/aromatic N) is 3. The van der Waals surface area contributed by atoms with Crippen LogP contribution < -0.4 is 10.1 Å². The smallest absolute Gasteiger partial charge is 0.280 e. The van der Waals surface area contributed by atoms with Crippen LogP contribution in [0.2, 0.25) is 0 Å². The molecule has 0 saturated heterocycles. The lowest BCUT2D eigenvalue weighted by Crippen LogP contribution is -1.99. The van der Waals surface area contributed by atoms with E-state index in [9.17, 15) is 8.78 Å². The second-order valence-corrected chi connectivity index (χ2v) is 3.33. The van der Waals surface area contributed by atoms with E-state index in [-0.39, 0.29) is 5.69 Å². The Labute approximate surface area is 102 Å². The number of ether oxygens (including phenoxy) is 1. The van der Waals surface area contributed by atoms with Crippen molar-refractivity contribution in [2.45, 2.75) is 6.43 Å². The van der Waals surface area contributed by atoms with Gasteiger partial charge in [-0.1, -0.05) is 0 Å². The summed E-state index contributed by atoms with van der Waals surface area (Å²) >= 11 is 0. The standard InChI is InChI=1S/C11H10F2N4O/c1-18-9-5-14-6-16-11(9)17-7-2-3-15-8(4-7)10(12)13/h2-6,10H,1H3,(H,14,15,16,17). The number of rotatable bonds is 4. The highest BCUT2D eigenvalue weighted by molar-refractivity contribution is 5.61. The van der Waals surface area contributed by atoms with Crippen LogP contribution in [0.4, 0.5) is 20.3 Å². The molecule has 7 heteroatoms. The SMILES string of the molecule is COc1cncnc1Nc1ccnc(C(F)F)c1. The molecule has 2 rings (SSSR count). The summed E-state index contributed by atoms with van der Waals surface area (Å²) in [7, 11) is 1.47. The lowest BCUT2D eigenvalue weighted by atomic mass is 10.3. The molecule has 0 aliphatic heterocycles. The van der Waals surface area contributed by atoms with Gasteiger partial charge in [0.25, 0.3) is 6.43 Å². The summed E-state index contributed by atoms with van der Waals surface area (Å²) in [6.07, 6.45) is 1.50. The summed E-state index contributed by atoms with van der Waals surface area (Å²) in [6, 6.07) is 2.82. The van der Waals surface area contributed by atoms with Crippen LogP contribution in [-0.4, -0.2) is 22.1 Å². The van der Waals surface area contributed by atoms with Crippen LogP contribution in [0.15, 0.2) is 30.9 Å². The summed E-state index contributed by atoms with van der Waals surface area (Å²) < 4.78 is 30.0. The largest absolute Gasteiger partial charge is 0.491 e. The van der Waals surface area contributed by atoms with Gasteiger partial charge in [0.05, 0.1) is 13.3 Å². The normalized spacial score (nSPS) is 10.4. The zero-order chi connectivity index (χ0) is 13.0. The molecule has 2 heterocycles. The maximum Gasteiger partial charge on any atom is 0.280 e. The molecule has 18 heavy (non-hydrogen) atoms. The number of hydrogen-bond donors (Lipinski definition) is 1. The van der Waals surface area contributed by atoms with Crippen molar-refractivity contribution in [3.63, 3.8) is 0 Å². The van der Waals surface area contributed by atoms with Crippen molar-refractivity contribution in [2.24, 2.45) is 0 Å². The molecular formula is C11H10F2N4O. The summed E-state index contributed by atoms with van der Waals surface area (Å²) in [5.74, 6) is 0.826. The van der Waals surface area contributed by atoms with Gasteiger partial charge in [-0.15, -0.1) is 0 Å². The molecule has 0 fully saturated rings. The first-order valence-corrected chi connectivity index (χ1v) is 5.06. The third-order valence-corrected chi connectivity index (χ3v) is 2.17. The molecule has 1 N–H and O–H groups in total. The quantitative estimate of drug-likeness (QED) is 0.906. The van der Waals surface area contributed by atoms with Crippen LogP contribution in [0.1, 0.15) is 12.1 Å². The van der Waals surface area contributed by atoms with E-state index in [1.54, 1.807) is 6.07 Å². The highest BCUT2D eigenvalue weighted by Gasteiger charge is 2.10. The number of nitrogens with one attached hydrogen (secondary N) is 1. The van der Waals surface area contributed by atoms with Crippen LogP contribution >= 0.6 is 0 Å². The van der Waals surface area contributed by atoms with Gasteiger partial charge >= 0.3 is 0 Å². The maximum atomic E-state index is 12.5. The van der Waals surface area contributed by atoms with E-state index in [1.807, 2.05) is 0 Å². The zero-order valence-electron chi connectivity index (χ0n) is 9.47. The van der Waals surface area contributed by atoms with E-state index in [0.717, 1.165) is 0 Å². The number of methoxy groups -OCH3 is 1. The van der Waals surface area contributed by atoms with Gasteiger partial charge in [0.15, 0.2) is 11.6 Å². The van der Waals surface area contributed by atoms with Gasteiger partial charge in [-0.05, 0) is 12.1 Å². The third-order valence-electron chi connectivity index (χ3n) is 2.17. The molecule has 0 bridgehead atoms. The molecule has 0 atom stereocenters. The number of anilines is 2. The van der Waals surface area contributed by atoms with E-state index in [1.165, 1.54) is 31.9 Å². The van der Waals surface area contributed by atoms with Crippen LogP contribution in [-0.2, 0) is 0 Å². The van der Waals surface area contributed by atoms with Gasteiger partial charge in [0, 0.05) is 11.9 Å². The minimum absolute atomic E-state index is 0.298. The van der Waals surface area contributed by atoms with Gasteiger partial charge in [-0.2, -0.15) is 0 Å². The molecule has 0 spiro atoms. The molecule has 0 aliphatic rings. The third kappa shape index (κ3) is 2.68. The molecule has 0 saturated carbocycles. The molecule has 0 amide bonds. The van der Waals surface area contributed by atoms with Crippen molar-refractivity contribution in [2.75, 3.05) is 12.4 Å². The van der Waals surface area contributed by atoms with Crippen LogP contribution in [0.3, 0.4) is 0 Å². The average Bonchev–Trinajstić information content (AvgIpc) is 2.39. The van der Waals surface area contributed by atoms with Crippen LogP contribution in [0.5, 0.6) is 5.75 Å². The highest BCUT2D eigenvalue weighted by Crippen LogP contribution is 2.25. The first-order chi connectivity index (χ1) is 8.70. The molecular weight excluding hydrogens is 242 g/mol. The number of aromatic nitrogens is 3. The van der Waals surface area contributed by atoms with E-state index >= 15 is 0 Å². The van der Waals surface area contributed by atoms with Gasteiger partial charge in [-0.3, -0.25) is 4.98 Å². The molecule has 2 aromatic rings. The van der Waals surface area contributed by atoms with Crippen LogP contribution in [0, 0.1) is 0 Å². The first kappa shape index (κ1) is 12.2. The Morgan fingerprint density at radius 3 is 2.89 bits per heavy atom. The van der Waals surface area contributed by atoms with E-state index in [0.29, 0.717) is 17.3 Å².